The first-order valence-corrected chi connectivity index (χ1v) is 11.6. The van der Waals surface area contributed by atoms with Gasteiger partial charge in [-0.2, -0.15) is 4.31 Å². The van der Waals surface area contributed by atoms with Crippen molar-refractivity contribution >= 4 is 15.9 Å². The van der Waals surface area contributed by atoms with Gasteiger partial charge in [0.15, 0.2) is 0 Å². The lowest BCUT2D eigenvalue weighted by Crippen LogP contribution is -2.48. The molecule has 2 fully saturated rings. The molecule has 1 aliphatic heterocycles. The van der Waals surface area contributed by atoms with E-state index in [1.165, 1.54) is 23.6 Å². The topological polar surface area (TPSA) is 57.7 Å². The van der Waals surface area contributed by atoms with Gasteiger partial charge in [-0.1, -0.05) is 37.5 Å². The van der Waals surface area contributed by atoms with Crippen molar-refractivity contribution in [2.45, 2.75) is 63.3 Å². The highest BCUT2D eigenvalue weighted by atomic mass is 32.2. The first kappa shape index (κ1) is 20.3. The van der Waals surface area contributed by atoms with Crippen molar-refractivity contribution in [3.63, 3.8) is 0 Å². The molecule has 5 nitrogen and oxygen atoms in total. The van der Waals surface area contributed by atoms with Gasteiger partial charge in [0.25, 0.3) is 0 Å². The normalized spacial score (nSPS) is 25.3. The average molecular weight is 393 g/mol. The second kappa shape index (κ2) is 8.31. The van der Waals surface area contributed by atoms with Crippen LogP contribution in [-0.4, -0.2) is 49.7 Å². The minimum atomic E-state index is -3.47. The summed E-state index contributed by atoms with van der Waals surface area (Å²) in [5.74, 6) is 0.685. The van der Waals surface area contributed by atoms with E-state index in [0.717, 1.165) is 12.0 Å². The largest absolute Gasteiger partial charge is 0.342 e. The number of rotatable bonds is 4. The van der Waals surface area contributed by atoms with E-state index in [1.54, 1.807) is 12.1 Å². The van der Waals surface area contributed by atoms with Crippen LogP contribution in [0.5, 0.6) is 0 Å². The van der Waals surface area contributed by atoms with Crippen molar-refractivity contribution in [2.75, 3.05) is 20.1 Å². The number of carbonyl (C=O) groups is 1. The van der Waals surface area contributed by atoms with Crippen LogP contribution in [0.2, 0.25) is 0 Å². The molecule has 2 unspecified atom stereocenters. The number of piperidine rings is 1. The van der Waals surface area contributed by atoms with Crippen molar-refractivity contribution in [3.05, 3.63) is 29.8 Å². The molecule has 2 aliphatic rings. The Labute approximate surface area is 163 Å². The van der Waals surface area contributed by atoms with E-state index in [0.29, 0.717) is 42.8 Å². The van der Waals surface area contributed by atoms with Crippen LogP contribution in [0.1, 0.15) is 51.0 Å². The highest BCUT2D eigenvalue weighted by Crippen LogP contribution is 2.30. The number of carbonyl (C=O) groups excluding carboxylic acids is 1. The van der Waals surface area contributed by atoms with Crippen molar-refractivity contribution < 1.29 is 13.2 Å². The zero-order valence-electron chi connectivity index (χ0n) is 16.7. The summed E-state index contributed by atoms with van der Waals surface area (Å²) in [5.41, 5.74) is 1.04. The summed E-state index contributed by atoms with van der Waals surface area (Å²) < 4.78 is 27.2. The molecule has 6 heteroatoms. The minimum Gasteiger partial charge on any atom is -0.342 e. The third-order valence-corrected chi connectivity index (χ3v) is 8.29. The Morgan fingerprint density at radius 1 is 1.04 bits per heavy atom. The number of nitrogens with zero attached hydrogens (tertiary/aromatic N) is 2. The molecule has 1 saturated heterocycles. The molecular weight excluding hydrogens is 360 g/mol. The maximum Gasteiger partial charge on any atom is 0.243 e. The molecule has 2 atom stereocenters. The number of aryl methyl sites for hydroxylation is 1. The lowest BCUT2D eigenvalue weighted by atomic mass is 9.84. The summed E-state index contributed by atoms with van der Waals surface area (Å²) in [6.45, 7) is 5.02. The summed E-state index contributed by atoms with van der Waals surface area (Å²) in [6, 6.07) is 7.31. The lowest BCUT2D eigenvalue weighted by molar-refractivity contribution is -0.139. The van der Waals surface area contributed by atoms with Crippen LogP contribution in [0.4, 0.5) is 0 Å². The van der Waals surface area contributed by atoms with Crippen LogP contribution < -0.4 is 0 Å². The van der Waals surface area contributed by atoms with Crippen LogP contribution in [0.25, 0.3) is 0 Å². The highest BCUT2D eigenvalue weighted by molar-refractivity contribution is 7.89. The maximum atomic E-state index is 13.0. The van der Waals surface area contributed by atoms with Gasteiger partial charge >= 0.3 is 0 Å². The molecule has 1 saturated carbocycles. The predicted octanol–water partition coefficient (Wildman–Crippen LogP) is 3.43. The number of benzene rings is 1. The molecule has 27 heavy (non-hydrogen) atoms. The van der Waals surface area contributed by atoms with Crippen molar-refractivity contribution in [3.8, 4) is 0 Å². The lowest BCUT2D eigenvalue weighted by Gasteiger charge is -2.39. The van der Waals surface area contributed by atoms with E-state index < -0.39 is 10.0 Å². The molecule has 1 amide bonds. The summed E-state index contributed by atoms with van der Waals surface area (Å²) in [6.07, 6.45) is 5.94. The smallest absolute Gasteiger partial charge is 0.243 e. The van der Waals surface area contributed by atoms with Crippen molar-refractivity contribution in [2.24, 2.45) is 11.8 Å². The van der Waals surface area contributed by atoms with Gasteiger partial charge in [-0.15, -0.1) is 0 Å². The van der Waals surface area contributed by atoms with Crippen molar-refractivity contribution in [1.29, 1.82) is 0 Å². The van der Waals surface area contributed by atoms with Crippen LogP contribution >= 0.6 is 0 Å². The summed E-state index contributed by atoms with van der Waals surface area (Å²) in [5, 5.41) is 0. The zero-order chi connectivity index (χ0) is 19.6. The monoisotopic (exact) mass is 392 g/mol. The predicted molar refractivity (Wildman–Crippen MR) is 107 cm³/mol. The zero-order valence-corrected chi connectivity index (χ0v) is 17.5. The highest BCUT2D eigenvalue weighted by Gasteiger charge is 2.36. The van der Waals surface area contributed by atoms with Crippen LogP contribution in [-0.2, 0) is 14.8 Å². The third-order valence-electron chi connectivity index (χ3n) is 6.37. The number of hydrogen-bond donors (Lipinski definition) is 0. The van der Waals surface area contributed by atoms with Gasteiger partial charge in [0.2, 0.25) is 15.9 Å². The Hall–Kier alpha value is -1.40. The SMILES string of the molecule is Cc1ccc(S(=O)(=O)N2CCC(C(=O)N(C)C3CCCCC3C)CC2)cc1. The van der Waals surface area contributed by atoms with Crippen LogP contribution in [0.3, 0.4) is 0 Å². The Morgan fingerprint density at radius 2 is 1.63 bits per heavy atom. The Kier molecular flexibility index (Phi) is 6.26. The Bertz CT molecular complexity index is 752. The summed E-state index contributed by atoms with van der Waals surface area (Å²) >= 11 is 0. The number of sulfonamides is 1. The van der Waals surface area contributed by atoms with Gasteiger partial charge in [-0.25, -0.2) is 8.42 Å². The third kappa shape index (κ3) is 4.37. The molecule has 0 radical (unpaired) electrons. The summed E-state index contributed by atoms with van der Waals surface area (Å²) in [4.78, 5) is 15.3. The first-order chi connectivity index (χ1) is 12.8. The molecule has 1 aromatic carbocycles. The molecule has 0 N–H and O–H groups in total. The van der Waals surface area contributed by atoms with E-state index in [1.807, 2.05) is 31.0 Å². The molecule has 1 heterocycles. The first-order valence-electron chi connectivity index (χ1n) is 10.1. The van der Waals surface area contributed by atoms with Gasteiger partial charge < -0.3 is 4.90 Å². The number of amides is 1. The molecule has 150 valence electrons. The molecule has 0 bridgehead atoms. The molecule has 3 rings (SSSR count). The van der Waals surface area contributed by atoms with Gasteiger partial charge in [-0.3, -0.25) is 4.79 Å². The van der Waals surface area contributed by atoms with E-state index >= 15 is 0 Å². The van der Waals surface area contributed by atoms with E-state index in [9.17, 15) is 13.2 Å². The maximum absolute atomic E-state index is 13.0. The molecule has 0 spiro atoms. The molecule has 1 aromatic rings. The van der Waals surface area contributed by atoms with Gasteiger partial charge in [0, 0.05) is 32.1 Å². The van der Waals surface area contributed by atoms with Crippen LogP contribution in [0, 0.1) is 18.8 Å². The van der Waals surface area contributed by atoms with E-state index in [2.05, 4.69) is 6.92 Å². The second-order valence-corrected chi connectivity index (χ2v) is 10.2. The fourth-order valence-corrected chi connectivity index (χ4v) is 6.00. The fourth-order valence-electron chi connectivity index (χ4n) is 4.53. The number of hydrogen-bond acceptors (Lipinski definition) is 3. The molecule has 1 aliphatic carbocycles. The van der Waals surface area contributed by atoms with E-state index in [-0.39, 0.29) is 11.8 Å². The van der Waals surface area contributed by atoms with Crippen LogP contribution in [0.15, 0.2) is 29.2 Å². The average Bonchev–Trinajstić information content (AvgIpc) is 2.68. The standard InChI is InChI=1S/C21H32N2O3S/c1-16-8-10-19(11-9-16)27(25,26)23-14-12-18(13-15-23)21(24)22(3)20-7-5-4-6-17(20)2/h8-11,17-18,20H,4-7,12-15H2,1-3H3. The van der Waals surface area contributed by atoms with Gasteiger partial charge in [0.1, 0.15) is 0 Å². The van der Waals surface area contributed by atoms with Gasteiger partial charge in [0.05, 0.1) is 4.90 Å². The molecular formula is C21H32N2O3S. The minimum absolute atomic E-state index is 0.0615. The van der Waals surface area contributed by atoms with Gasteiger partial charge in [-0.05, 0) is 50.7 Å². The Morgan fingerprint density at radius 3 is 2.22 bits per heavy atom. The Balaban J connectivity index is 1.61. The fraction of sp³-hybridized carbons (Fsp3) is 0.667. The molecule has 0 aromatic heterocycles. The van der Waals surface area contributed by atoms with E-state index in [4.69, 9.17) is 0 Å². The van der Waals surface area contributed by atoms with Crippen molar-refractivity contribution in [1.82, 2.24) is 9.21 Å². The summed E-state index contributed by atoms with van der Waals surface area (Å²) in [7, 11) is -1.53. The second-order valence-electron chi connectivity index (χ2n) is 8.27. The quantitative estimate of drug-likeness (QED) is 0.789.